The summed E-state index contributed by atoms with van der Waals surface area (Å²) in [5.74, 6) is 0.584. The molecular formula is C25H27F2N5O3S. The van der Waals surface area contributed by atoms with Crippen LogP contribution in [0.4, 0.5) is 14.6 Å². The Bertz CT molecular complexity index is 1280. The SMILES string of the molecule is COc1ccc2nccc([C@@H](O)CN3CC[C@H](NCc4nc5c(cc4F)SCC(=O)N5)[C@@H](F)C3)c2c1. The van der Waals surface area contributed by atoms with Crippen molar-refractivity contribution in [3.8, 4) is 5.75 Å². The molecule has 11 heteroatoms. The molecule has 1 saturated heterocycles. The number of aliphatic hydroxyl groups is 1. The number of aliphatic hydroxyl groups excluding tert-OH is 1. The van der Waals surface area contributed by atoms with E-state index in [0.717, 1.165) is 10.9 Å². The molecule has 1 aromatic carbocycles. The number of ether oxygens (including phenoxy) is 1. The third-order valence-electron chi connectivity index (χ3n) is 6.56. The first-order valence-electron chi connectivity index (χ1n) is 11.7. The molecule has 2 aliphatic rings. The van der Waals surface area contributed by atoms with Crippen molar-refractivity contribution in [2.24, 2.45) is 0 Å². The first kappa shape index (κ1) is 24.8. The van der Waals surface area contributed by atoms with Crippen LogP contribution in [0, 0.1) is 5.82 Å². The van der Waals surface area contributed by atoms with Gasteiger partial charge in [-0.15, -0.1) is 11.8 Å². The van der Waals surface area contributed by atoms with Gasteiger partial charge in [-0.25, -0.2) is 13.8 Å². The number of rotatable bonds is 7. The van der Waals surface area contributed by atoms with Crippen LogP contribution in [0.15, 0.2) is 41.4 Å². The molecule has 190 valence electrons. The summed E-state index contributed by atoms with van der Waals surface area (Å²) in [7, 11) is 1.58. The van der Waals surface area contributed by atoms with Crippen molar-refractivity contribution in [3.63, 3.8) is 0 Å². The van der Waals surface area contributed by atoms with Gasteiger partial charge in [0, 0.05) is 37.3 Å². The Morgan fingerprint density at radius 2 is 2.22 bits per heavy atom. The lowest BCUT2D eigenvalue weighted by Gasteiger charge is -2.36. The third-order valence-corrected chi connectivity index (χ3v) is 7.59. The summed E-state index contributed by atoms with van der Waals surface area (Å²) in [6.45, 7) is 1.06. The fourth-order valence-electron chi connectivity index (χ4n) is 4.64. The number of benzene rings is 1. The molecule has 0 saturated carbocycles. The van der Waals surface area contributed by atoms with Crippen LogP contribution in [-0.4, -0.2) is 70.6 Å². The molecule has 36 heavy (non-hydrogen) atoms. The molecule has 0 radical (unpaired) electrons. The molecule has 2 aliphatic heterocycles. The lowest BCUT2D eigenvalue weighted by molar-refractivity contribution is -0.113. The van der Waals surface area contributed by atoms with Gasteiger partial charge in [0.15, 0.2) is 0 Å². The smallest absolute Gasteiger partial charge is 0.235 e. The molecule has 5 rings (SSSR count). The average Bonchev–Trinajstić information content (AvgIpc) is 2.87. The Morgan fingerprint density at radius 3 is 3.03 bits per heavy atom. The number of hydrogen-bond donors (Lipinski definition) is 3. The summed E-state index contributed by atoms with van der Waals surface area (Å²) in [5.41, 5.74) is 1.61. The number of methoxy groups -OCH3 is 1. The van der Waals surface area contributed by atoms with Crippen LogP contribution in [0.3, 0.4) is 0 Å². The molecular weight excluding hydrogens is 488 g/mol. The standard InChI is InChI=1S/C25H27F2N5O3S/c1-35-14-2-3-19-16(8-14)15(4-6-28-19)22(33)12-32-7-5-20(18(27)11-32)29-10-21-17(26)9-23-25(30-21)31-24(34)13-36-23/h2-4,6,8-9,18,20,22,29,33H,5,7,10-13H2,1H3,(H,30,31,34)/t18-,20-,22-/m0/s1. The molecule has 3 atom stereocenters. The highest BCUT2D eigenvalue weighted by Gasteiger charge is 2.31. The summed E-state index contributed by atoms with van der Waals surface area (Å²) in [5, 5.41) is 17.5. The summed E-state index contributed by atoms with van der Waals surface area (Å²) < 4.78 is 34.8. The Balaban J connectivity index is 1.19. The van der Waals surface area contributed by atoms with E-state index in [4.69, 9.17) is 4.74 Å². The number of fused-ring (bicyclic) bond motifs is 2. The number of nitrogens with one attached hydrogen (secondary N) is 2. The van der Waals surface area contributed by atoms with Crippen LogP contribution in [-0.2, 0) is 11.3 Å². The molecule has 1 amide bonds. The highest BCUT2D eigenvalue weighted by molar-refractivity contribution is 8.00. The molecule has 8 nitrogen and oxygen atoms in total. The Hall–Kier alpha value is -2.86. The predicted molar refractivity (Wildman–Crippen MR) is 133 cm³/mol. The summed E-state index contributed by atoms with van der Waals surface area (Å²) >= 11 is 1.24. The Kier molecular flexibility index (Phi) is 7.33. The van der Waals surface area contributed by atoms with Crippen LogP contribution in [0.1, 0.15) is 23.8 Å². The zero-order chi connectivity index (χ0) is 25.2. The third kappa shape index (κ3) is 5.29. The predicted octanol–water partition coefficient (Wildman–Crippen LogP) is 3.06. The van der Waals surface area contributed by atoms with Crippen molar-refractivity contribution >= 4 is 34.4 Å². The number of aromatic nitrogens is 2. The van der Waals surface area contributed by atoms with Crippen LogP contribution in [0.2, 0.25) is 0 Å². The number of carbonyl (C=O) groups is 1. The fourth-order valence-corrected chi connectivity index (χ4v) is 5.42. The van der Waals surface area contributed by atoms with Gasteiger partial charge in [0.1, 0.15) is 23.6 Å². The molecule has 0 aliphatic carbocycles. The lowest BCUT2D eigenvalue weighted by atomic mass is 10.00. The van der Waals surface area contributed by atoms with E-state index in [9.17, 15) is 14.3 Å². The van der Waals surface area contributed by atoms with Crippen molar-refractivity contribution in [1.82, 2.24) is 20.2 Å². The number of carbonyl (C=O) groups excluding carboxylic acids is 1. The number of piperidine rings is 1. The summed E-state index contributed by atoms with van der Waals surface area (Å²) in [6, 6.07) is 8.16. The van der Waals surface area contributed by atoms with Crippen LogP contribution >= 0.6 is 11.8 Å². The van der Waals surface area contributed by atoms with Gasteiger partial charge in [-0.05, 0) is 48.9 Å². The number of β-amino-alcohol motifs (C(OH)–C–C–N with tert-alkyl or cyclic N) is 1. The van der Waals surface area contributed by atoms with E-state index in [2.05, 4.69) is 20.6 Å². The number of thioether (sulfide) groups is 1. The lowest BCUT2D eigenvalue weighted by Crippen LogP contribution is -2.51. The minimum Gasteiger partial charge on any atom is -0.497 e. The van der Waals surface area contributed by atoms with Gasteiger partial charge >= 0.3 is 0 Å². The van der Waals surface area contributed by atoms with Crippen molar-refractivity contribution in [2.75, 3.05) is 37.8 Å². The summed E-state index contributed by atoms with van der Waals surface area (Å²) in [6.07, 6.45) is 0.134. The van der Waals surface area contributed by atoms with Gasteiger partial charge in [0.25, 0.3) is 0 Å². The zero-order valence-electron chi connectivity index (χ0n) is 19.7. The minimum absolute atomic E-state index is 0.0538. The largest absolute Gasteiger partial charge is 0.497 e. The number of amides is 1. The molecule has 4 heterocycles. The van der Waals surface area contributed by atoms with Gasteiger partial charge < -0.3 is 20.5 Å². The Labute approximate surface area is 211 Å². The van der Waals surface area contributed by atoms with Gasteiger partial charge in [-0.1, -0.05) is 0 Å². The number of halogens is 2. The number of pyridine rings is 2. The van der Waals surface area contributed by atoms with Crippen molar-refractivity contribution in [1.29, 1.82) is 0 Å². The van der Waals surface area contributed by atoms with E-state index in [0.29, 0.717) is 35.0 Å². The fraction of sp³-hybridized carbons (Fsp3) is 0.400. The van der Waals surface area contributed by atoms with E-state index in [1.54, 1.807) is 19.4 Å². The monoisotopic (exact) mass is 515 g/mol. The van der Waals surface area contributed by atoms with Gasteiger partial charge in [0.2, 0.25) is 5.91 Å². The van der Waals surface area contributed by atoms with Gasteiger partial charge in [0.05, 0.1) is 35.1 Å². The number of nitrogens with zero attached hydrogens (tertiary/aromatic N) is 3. The topological polar surface area (TPSA) is 99.6 Å². The zero-order valence-corrected chi connectivity index (χ0v) is 20.5. The van der Waals surface area contributed by atoms with E-state index < -0.39 is 24.1 Å². The van der Waals surface area contributed by atoms with E-state index in [1.165, 1.54) is 17.8 Å². The van der Waals surface area contributed by atoms with Crippen molar-refractivity contribution < 1.29 is 23.4 Å². The van der Waals surface area contributed by atoms with Crippen molar-refractivity contribution in [2.45, 2.75) is 36.2 Å². The first-order chi connectivity index (χ1) is 17.4. The highest BCUT2D eigenvalue weighted by Crippen LogP contribution is 2.31. The molecule has 3 N–H and O–H groups in total. The molecule has 0 unspecified atom stereocenters. The van der Waals surface area contributed by atoms with E-state index >= 15 is 4.39 Å². The van der Waals surface area contributed by atoms with Crippen LogP contribution in [0.25, 0.3) is 10.9 Å². The molecule has 0 spiro atoms. The molecule has 1 fully saturated rings. The highest BCUT2D eigenvalue weighted by atomic mass is 32.2. The normalized spacial score (nSPS) is 21.2. The van der Waals surface area contributed by atoms with Gasteiger partial charge in [-0.3, -0.25) is 14.7 Å². The van der Waals surface area contributed by atoms with Crippen molar-refractivity contribution in [3.05, 3.63) is 53.6 Å². The first-order valence-corrected chi connectivity index (χ1v) is 12.7. The maximum atomic E-state index is 15.0. The van der Waals surface area contributed by atoms with Crippen LogP contribution < -0.4 is 15.4 Å². The van der Waals surface area contributed by atoms with E-state index in [-0.39, 0.29) is 37.0 Å². The molecule has 0 bridgehead atoms. The maximum absolute atomic E-state index is 15.0. The minimum atomic E-state index is -1.20. The molecule has 3 aromatic rings. The number of likely N-dealkylation sites (tertiary alicyclic amines) is 1. The summed E-state index contributed by atoms with van der Waals surface area (Å²) in [4.78, 5) is 22.7. The second-order valence-corrected chi connectivity index (χ2v) is 9.97. The average molecular weight is 516 g/mol. The second kappa shape index (κ2) is 10.6. The Morgan fingerprint density at radius 1 is 1.36 bits per heavy atom. The second-order valence-electron chi connectivity index (χ2n) is 8.95. The maximum Gasteiger partial charge on any atom is 0.235 e. The number of hydrogen-bond acceptors (Lipinski definition) is 8. The van der Waals surface area contributed by atoms with E-state index in [1.807, 2.05) is 23.1 Å². The number of anilines is 1. The molecule has 2 aromatic heterocycles. The van der Waals surface area contributed by atoms with Gasteiger partial charge in [-0.2, -0.15) is 0 Å². The number of alkyl halides is 1. The van der Waals surface area contributed by atoms with Crippen LogP contribution in [0.5, 0.6) is 5.75 Å². The quantitative estimate of drug-likeness (QED) is 0.442.